The molecule has 0 amide bonds. The number of hydrogen-bond acceptors (Lipinski definition) is 2. The highest BCUT2D eigenvalue weighted by atomic mass is 16.5. The third-order valence-corrected chi connectivity index (χ3v) is 8.97. The van der Waals surface area contributed by atoms with Gasteiger partial charge in [-0.05, 0) is 75.8 Å². The molecule has 0 saturated carbocycles. The number of ether oxygens (including phenoxy) is 1. The summed E-state index contributed by atoms with van der Waals surface area (Å²) >= 11 is 0. The normalized spacial score (nSPS) is 18.6. The number of allylic oxidation sites excluding steroid dienone is 1. The molecule has 0 bridgehead atoms. The van der Waals surface area contributed by atoms with E-state index in [-0.39, 0.29) is 10.8 Å². The molecule has 3 aromatic carbocycles. The summed E-state index contributed by atoms with van der Waals surface area (Å²) in [4.78, 5) is 0. The van der Waals surface area contributed by atoms with E-state index < -0.39 is 5.72 Å². The molecule has 0 aliphatic carbocycles. The molecule has 3 heterocycles. The molecule has 4 heteroatoms. The van der Waals surface area contributed by atoms with E-state index in [1.165, 1.54) is 24.0 Å². The van der Waals surface area contributed by atoms with Crippen molar-refractivity contribution in [3.05, 3.63) is 107 Å². The van der Waals surface area contributed by atoms with Gasteiger partial charge in [-0.15, -0.1) is 0 Å². The molecule has 0 radical (unpaired) electrons. The number of unbranched alkanes of at least 4 members (excludes halogenated alkanes) is 1. The van der Waals surface area contributed by atoms with Gasteiger partial charge < -0.3 is 4.74 Å². The Kier molecular flexibility index (Phi) is 6.48. The maximum atomic E-state index is 7.46. The topological polar surface area (TPSA) is 30.9 Å². The minimum atomic E-state index is -0.912. The van der Waals surface area contributed by atoms with Gasteiger partial charge in [-0.2, -0.15) is 4.57 Å². The van der Waals surface area contributed by atoms with Crippen LogP contribution in [0.1, 0.15) is 95.3 Å². The summed E-state index contributed by atoms with van der Waals surface area (Å²) < 4.78 is 12.0. The molecule has 206 valence electrons. The molecule has 0 fully saturated rings. The van der Waals surface area contributed by atoms with Gasteiger partial charge in [-0.25, -0.2) is 0 Å². The third kappa shape index (κ3) is 3.87. The lowest BCUT2D eigenvalue weighted by Crippen LogP contribution is -2.66. The monoisotopic (exact) mass is 532 g/mol. The lowest BCUT2D eigenvalue weighted by Gasteiger charge is -2.40. The predicted octanol–water partition coefficient (Wildman–Crippen LogP) is 8.16. The Morgan fingerprint density at radius 3 is 2.30 bits per heavy atom. The molecule has 0 N–H and O–H groups in total. The fraction of sp³-hybridized carbons (Fsp3) is 0.389. The van der Waals surface area contributed by atoms with Crippen LogP contribution in [0.25, 0.3) is 17.6 Å². The average molecular weight is 533 g/mol. The Hall–Kier alpha value is -3.66. The second-order valence-corrected chi connectivity index (χ2v) is 12.5. The molecule has 40 heavy (non-hydrogen) atoms. The third-order valence-electron chi connectivity index (χ3n) is 8.97. The first-order chi connectivity index (χ1) is 19.3. The first-order valence-corrected chi connectivity index (χ1v) is 15.0. The number of aromatic nitrogens is 3. The van der Waals surface area contributed by atoms with Crippen molar-refractivity contribution in [1.82, 2.24) is 9.78 Å². The van der Waals surface area contributed by atoms with Crippen LogP contribution in [0.5, 0.6) is 5.75 Å². The van der Waals surface area contributed by atoms with E-state index >= 15 is 0 Å². The van der Waals surface area contributed by atoms with Crippen molar-refractivity contribution in [2.45, 2.75) is 90.2 Å². The molecular formula is C36H42N3O+. The van der Waals surface area contributed by atoms with Gasteiger partial charge in [0.25, 0.3) is 17.4 Å². The van der Waals surface area contributed by atoms with Crippen LogP contribution in [0.2, 0.25) is 0 Å². The Labute approximate surface area is 239 Å². The molecule has 0 spiro atoms. The standard InChI is InChI=1S/C36H42N3O/c1-7-10-16-26-17-14-20-28(25-26)36(27-18-12-11-13-19-27)39-32-31-29(21-15-22-30(31)40-36)35(8-2,9-3)23-24-38(32)37-33(39)34(4,5)6/h11-15,17-25H,7-10,16H2,1-6H3/q+1. The summed E-state index contributed by atoms with van der Waals surface area (Å²) in [7, 11) is 0. The fourth-order valence-electron chi connectivity index (χ4n) is 6.67. The van der Waals surface area contributed by atoms with Gasteiger partial charge in [-0.3, -0.25) is 0 Å². The molecule has 4 nitrogen and oxygen atoms in total. The second-order valence-electron chi connectivity index (χ2n) is 12.5. The van der Waals surface area contributed by atoms with Crippen LogP contribution in [-0.2, 0) is 23.0 Å². The van der Waals surface area contributed by atoms with Crippen molar-refractivity contribution in [2.24, 2.45) is 0 Å². The first-order valence-electron chi connectivity index (χ1n) is 15.0. The second kappa shape index (κ2) is 9.76. The molecule has 6 rings (SSSR count). The fourth-order valence-corrected chi connectivity index (χ4v) is 6.67. The van der Waals surface area contributed by atoms with Crippen LogP contribution >= 0.6 is 0 Å². The Balaban J connectivity index is 1.76. The van der Waals surface area contributed by atoms with Gasteiger partial charge in [-0.1, -0.05) is 92.5 Å². The van der Waals surface area contributed by atoms with E-state index in [4.69, 9.17) is 9.84 Å². The SMILES string of the molecule is CCCCc1cccc(C2(c3ccccc3)Oc3cccc4c3-c3n(nc(C(C)(C)C)[n+]32)C=CC4(CC)CC)c1. The van der Waals surface area contributed by atoms with Gasteiger partial charge in [0.15, 0.2) is 0 Å². The van der Waals surface area contributed by atoms with Crippen LogP contribution in [0, 0.1) is 0 Å². The number of rotatable bonds is 7. The zero-order valence-corrected chi connectivity index (χ0v) is 24.9. The molecule has 1 aromatic heterocycles. The average Bonchev–Trinajstić information content (AvgIpc) is 3.32. The number of nitrogens with zero attached hydrogens (tertiary/aromatic N) is 3. The van der Waals surface area contributed by atoms with E-state index in [1.807, 2.05) is 0 Å². The maximum absolute atomic E-state index is 7.46. The Bertz CT molecular complexity index is 1570. The summed E-state index contributed by atoms with van der Waals surface area (Å²) in [6.45, 7) is 13.6. The number of aryl methyl sites for hydroxylation is 1. The van der Waals surface area contributed by atoms with E-state index in [0.717, 1.165) is 53.4 Å². The van der Waals surface area contributed by atoms with Gasteiger partial charge in [0, 0.05) is 21.6 Å². The molecule has 2 aliphatic rings. The summed E-state index contributed by atoms with van der Waals surface area (Å²) in [5.41, 5.74) is 4.81. The van der Waals surface area contributed by atoms with Crippen LogP contribution < -0.4 is 9.30 Å². The van der Waals surface area contributed by atoms with E-state index in [1.54, 1.807) is 0 Å². The summed E-state index contributed by atoms with van der Waals surface area (Å²) in [6.07, 6.45) is 9.99. The lowest BCUT2D eigenvalue weighted by molar-refractivity contribution is -0.779. The zero-order chi connectivity index (χ0) is 28.1. The van der Waals surface area contributed by atoms with Crippen molar-refractivity contribution in [1.29, 1.82) is 0 Å². The molecule has 0 saturated heterocycles. The Morgan fingerprint density at radius 1 is 0.875 bits per heavy atom. The molecule has 1 unspecified atom stereocenters. The van der Waals surface area contributed by atoms with Gasteiger partial charge in [0.05, 0.1) is 11.0 Å². The van der Waals surface area contributed by atoms with Crippen molar-refractivity contribution < 1.29 is 9.30 Å². The predicted molar refractivity (Wildman–Crippen MR) is 162 cm³/mol. The van der Waals surface area contributed by atoms with E-state index in [2.05, 4.69) is 136 Å². The largest absolute Gasteiger partial charge is 0.446 e. The highest BCUT2D eigenvalue weighted by molar-refractivity contribution is 5.74. The quantitative estimate of drug-likeness (QED) is 0.225. The smallest absolute Gasteiger partial charge is 0.287 e. The van der Waals surface area contributed by atoms with Crippen molar-refractivity contribution in [2.75, 3.05) is 0 Å². The maximum Gasteiger partial charge on any atom is 0.287 e. The van der Waals surface area contributed by atoms with Crippen LogP contribution in [0.3, 0.4) is 0 Å². The number of benzene rings is 3. The summed E-state index contributed by atoms with van der Waals surface area (Å²) in [5.74, 6) is 3.00. The van der Waals surface area contributed by atoms with Gasteiger partial charge in [0.1, 0.15) is 11.9 Å². The highest BCUT2D eigenvalue weighted by Crippen LogP contribution is 2.50. The highest BCUT2D eigenvalue weighted by Gasteiger charge is 2.56. The molecule has 4 aromatic rings. The van der Waals surface area contributed by atoms with Crippen molar-refractivity contribution in [3.8, 4) is 17.1 Å². The lowest BCUT2D eigenvalue weighted by atomic mass is 9.73. The van der Waals surface area contributed by atoms with E-state index in [9.17, 15) is 0 Å². The summed E-state index contributed by atoms with van der Waals surface area (Å²) in [6, 6.07) is 26.4. The van der Waals surface area contributed by atoms with Crippen molar-refractivity contribution in [3.63, 3.8) is 0 Å². The number of hydrogen-bond donors (Lipinski definition) is 0. The van der Waals surface area contributed by atoms with Crippen LogP contribution in [-0.4, -0.2) is 9.78 Å². The van der Waals surface area contributed by atoms with E-state index in [0.29, 0.717) is 0 Å². The van der Waals surface area contributed by atoms with Gasteiger partial charge in [0.2, 0.25) is 0 Å². The minimum Gasteiger partial charge on any atom is -0.446 e. The minimum absolute atomic E-state index is 0.0814. The molecule has 2 aliphatic heterocycles. The zero-order valence-electron chi connectivity index (χ0n) is 24.9. The van der Waals surface area contributed by atoms with Gasteiger partial charge >= 0.3 is 0 Å². The Morgan fingerprint density at radius 2 is 1.60 bits per heavy atom. The summed E-state index contributed by atoms with van der Waals surface area (Å²) in [5, 5.41) is 5.35. The first kappa shape index (κ1) is 26.6. The van der Waals surface area contributed by atoms with Crippen molar-refractivity contribution >= 4 is 6.20 Å². The molecule has 1 atom stereocenters. The van der Waals surface area contributed by atoms with Crippen LogP contribution in [0.4, 0.5) is 0 Å². The molecular weight excluding hydrogens is 490 g/mol. The van der Waals surface area contributed by atoms with Crippen LogP contribution in [0.15, 0.2) is 78.9 Å².